The summed E-state index contributed by atoms with van der Waals surface area (Å²) in [6.45, 7) is 5.81. The third kappa shape index (κ3) is 6.36. The molecule has 0 radical (unpaired) electrons. The molecule has 19 heavy (non-hydrogen) atoms. The lowest BCUT2D eigenvalue weighted by atomic mass is 10.1. The first kappa shape index (κ1) is 15.7. The van der Waals surface area contributed by atoms with Crippen LogP contribution in [0.3, 0.4) is 0 Å². The van der Waals surface area contributed by atoms with Gasteiger partial charge >= 0.3 is 0 Å². The van der Waals surface area contributed by atoms with Gasteiger partial charge in [0.2, 0.25) is 5.91 Å². The highest BCUT2D eigenvalue weighted by atomic mass is 16.5. The molecule has 0 saturated carbocycles. The lowest BCUT2D eigenvalue weighted by Gasteiger charge is -2.11. The molecule has 106 valence electrons. The van der Waals surface area contributed by atoms with E-state index in [0.717, 1.165) is 17.7 Å². The van der Waals surface area contributed by atoms with Crippen LogP contribution >= 0.6 is 0 Å². The quantitative estimate of drug-likeness (QED) is 0.430. The van der Waals surface area contributed by atoms with E-state index in [1.54, 1.807) is 0 Å². The van der Waals surface area contributed by atoms with Crippen molar-refractivity contribution in [3.63, 3.8) is 0 Å². The monoisotopic (exact) mass is 264 g/mol. The number of hydrazine groups is 1. The molecule has 0 aliphatic heterocycles. The third-order valence-electron chi connectivity index (χ3n) is 3.00. The molecular formula is C15H24N2O2. The third-order valence-corrected chi connectivity index (χ3v) is 3.00. The largest absolute Gasteiger partial charge is 0.376 e. The van der Waals surface area contributed by atoms with Gasteiger partial charge in [-0.2, -0.15) is 0 Å². The van der Waals surface area contributed by atoms with Crippen LogP contribution in [-0.4, -0.2) is 12.5 Å². The summed E-state index contributed by atoms with van der Waals surface area (Å²) in [5, 5.41) is 0. The molecule has 0 aliphatic carbocycles. The molecule has 1 unspecified atom stereocenters. The van der Waals surface area contributed by atoms with Gasteiger partial charge in [0.15, 0.2) is 0 Å². The first-order valence-electron chi connectivity index (χ1n) is 6.80. The summed E-state index contributed by atoms with van der Waals surface area (Å²) in [5.41, 5.74) is 4.20. The second-order valence-electron chi connectivity index (χ2n) is 4.97. The number of benzene rings is 1. The summed E-state index contributed by atoms with van der Waals surface area (Å²) in [6, 6.07) is 7.85. The molecular weight excluding hydrogens is 240 g/mol. The van der Waals surface area contributed by atoms with Crippen LogP contribution in [0.25, 0.3) is 0 Å². The van der Waals surface area contributed by atoms with Crippen molar-refractivity contribution in [2.75, 3.05) is 6.61 Å². The molecule has 4 nitrogen and oxygen atoms in total. The number of ether oxygens (including phenoxy) is 1. The number of hydrogen-bond acceptors (Lipinski definition) is 3. The molecule has 1 aromatic rings. The highest BCUT2D eigenvalue weighted by Crippen LogP contribution is 2.09. The molecule has 1 atom stereocenters. The van der Waals surface area contributed by atoms with Crippen LogP contribution in [0.15, 0.2) is 24.3 Å². The van der Waals surface area contributed by atoms with Gasteiger partial charge in [-0.25, -0.2) is 5.84 Å². The Morgan fingerprint density at radius 2 is 1.95 bits per heavy atom. The Labute approximate surface area is 115 Å². The van der Waals surface area contributed by atoms with E-state index >= 15 is 0 Å². The summed E-state index contributed by atoms with van der Waals surface area (Å²) < 4.78 is 5.68. The maximum absolute atomic E-state index is 11.1. The van der Waals surface area contributed by atoms with E-state index in [-0.39, 0.29) is 5.91 Å². The van der Waals surface area contributed by atoms with E-state index in [4.69, 9.17) is 10.6 Å². The highest BCUT2D eigenvalue weighted by molar-refractivity contribution is 5.77. The van der Waals surface area contributed by atoms with Gasteiger partial charge in [0.05, 0.1) is 13.0 Å². The van der Waals surface area contributed by atoms with Crippen LogP contribution in [0, 0.1) is 5.92 Å². The van der Waals surface area contributed by atoms with Crippen LogP contribution in [0.5, 0.6) is 0 Å². The van der Waals surface area contributed by atoms with E-state index < -0.39 is 0 Å². The summed E-state index contributed by atoms with van der Waals surface area (Å²) in [4.78, 5) is 11.1. The van der Waals surface area contributed by atoms with E-state index in [0.29, 0.717) is 18.9 Å². The molecule has 1 amide bonds. The molecule has 0 aromatic heterocycles. The molecule has 1 aromatic carbocycles. The van der Waals surface area contributed by atoms with Crippen molar-refractivity contribution in [1.29, 1.82) is 0 Å². The van der Waals surface area contributed by atoms with E-state index in [1.165, 1.54) is 12.8 Å². The average Bonchev–Trinajstić information content (AvgIpc) is 2.41. The minimum absolute atomic E-state index is 0.183. The number of carbonyl (C=O) groups excluding carboxylic acids is 1. The Morgan fingerprint density at radius 3 is 2.53 bits per heavy atom. The minimum Gasteiger partial charge on any atom is -0.376 e. The fraction of sp³-hybridized carbons (Fsp3) is 0.533. The lowest BCUT2D eigenvalue weighted by molar-refractivity contribution is -0.120. The number of nitrogens with two attached hydrogens (primary N) is 1. The first-order chi connectivity index (χ1) is 9.15. The van der Waals surface area contributed by atoms with Crippen LogP contribution in [0.1, 0.15) is 37.8 Å². The summed E-state index contributed by atoms with van der Waals surface area (Å²) in [6.07, 6.45) is 2.71. The number of rotatable bonds is 8. The maximum atomic E-state index is 11.1. The van der Waals surface area contributed by atoms with Crippen molar-refractivity contribution in [2.24, 2.45) is 11.8 Å². The highest BCUT2D eigenvalue weighted by Gasteiger charge is 2.03. The molecule has 0 heterocycles. The van der Waals surface area contributed by atoms with Crippen LogP contribution in [0.4, 0.5) is 0 Å². The van der Waals surface area contributed by atoms with Crippen molar-refractivity contribution < 1.29 is 9.53 Å². The molecule has 1 rings (SSSR count). The second kappa shape index (κ2) is 8.67. The zero-order chi connectivity index (χ0) is 14.1. The molecule has 0 aliphatic rings. The number of amides is 1. The minimum atomic E-state index is -0.183. The van der Waals surface area contributed by atoms with Crippen molar-refractivity contribution in [2.45, 2.75) is 39.7 Å². The number of nitrogens with one attached hydrogen (secondary N) is 1. The molecule has 0 spiro atoms. The van der Waals surface area contributed by atoms with E-state index in [9.17, 15) is 4.79 Å². The van der Waals surface area contributed by atoms with Crippen molar-refractivity contribution >= 4 is 5.91 Å². The molecule has 4 heteroatoms. The van der Waals surface area contributed by atoms with Gasteiger partial charge in [-0.3, -0.25) is 10.2 Å². The summed E-state index contributed by atoms with van der Waals surface area (Å²) in [5.74, 6) is 5.47. The van der Waals surface area contributed by atoms with Gasteiger partial charge in [-0.05, 0) is 23.5 Å². The zero-order valence-corrected chi connectivity index (χ0v) is 11.8. The Morgan fingerprint density at radius 1 is 1.32 bits per heavy atom. The summed E-state index contributed by atoms with van der Waals surface area (Å²) >= 11 is 0. The van der Waals surface area contributed by atoms with Gasteiger partial charge in [-0.1, -0.05) is 44.5 Å². The predicted octanol–water partition coefficient (Wildman–Crippen LogP) is 2.17. The molecule has 0 fully saturated rings. The topological polar surface area (TPSA) is 64.3 Å². The Hall–Kier alpha value is -1.39. The smallest absolute Gasteiger partial charge is 0.238 e. The SMILES string of the molecule is CCCC(C)COCc1ccc(CC(=O)NN)cc1. The summed E-state index contributed by atoms with van der Waals surface area (Å²) in [7, 11) is 0. The van der Waals surface area contributed by atoms with Gasteiger partial charge in [0.25, 0.3) is 0 Å². The molecule has 3 N–H and O–H groups in total. The Balaban J connectivity index is 2.34. The fourth-order valence-electron chi connectivity index (χ4n) is 1.94. The Kier molecular flexibility index (Phi) is 7.15. The molecule has 0 saturated heterocycles. The second-order valence-corrected chi connectivity index (χ2v) is 4.97. The van der Waals surface area contributed by atoms with Crippen molar-refractivity contribution in [1.82, 2.24) is 5.43 Å². The van der Waals surface area contributed by atoms with E-state index in [1.807, 2.05) is 24.3 Å². The van der Waals surface area contributed by atoms with E-state index in [2.05, 4.69) is 19.3 Å². The van der Waals surface area contributed by atoms with Gasteiger partial charge in [0.1, 0.15) is 0 Å². The fourth-order valence-corrected chi connectivity index (χ4v) is 1.94. The lowest BCUT2D eigenvalue weighted by Crippen LogP contribution is -2.31. The van der Waals surface area contributed by atoms with Crippen molar-refractivity contribution in [3.8, 4) is 0 Å². The van der Waals surface area contributed by atoms with Gasteiger partial charge < -0.3 is 4.74 Å². The van der Waals surface area contributed by atoms with Gasteiger partial charge in [-0.15, -0.1) is 0 Å². The first-order valence-corrected chi connectivity index (χ1v) is 6.80. The normalized spacial score (nSPS) is 12.2. The van der Waals surface area contributed by atoms with Crippen molar-refractivity contribution in [3.05, 3.63) is 35.4 Å². The number of hydrogen-bond donors (Lipinski definition) is 2. The van der Waals surface area contributed by atoms with Gasteiger partial charge in [0, 0.05) is 6.61 Å². The molecule has 0 bridgehead atoms. The zero-order valence-electron chi connectivity index (χ0n) is 11.8. The maximum Gasteiger partial charge on any atom is 0.238 e. The number of carbonyl (C=O) groups is 1. The standard InChI is InChI=1S/C15H24N2O2/c1-3-4-12(2)10-19-11-14-7-5-13(6-8-14)9-15(18)17-16/h5-8,12H,3-4,9-11,16H2,1-2H3,(H,17,18). The van der Waals surface area contributed by atoms with Crippen LogP contribution < -0.4 is 11.3 Å². The van der Waals surface area contributed by atoms with Crippen LogP contribution in [0.2, 0.25) is 0 Å². The average molecular weight is 264 g/mol. The predicted molar refractivity (Wildman–Crippen MR) is 76.2 cm³/mol. The van der Waals surface area contributed by atoms with Crippen LogP contribution in [-0.2, 0) is 22.6 Å². The Bertz CT molecular complexity index is 376.